The Kier molecular flexibility index (Phi) is 3.42. The molecule has 1 aromatic rings. The monoisotopic (exact) mass is 242 g/mol. The lowest BCUT2D eigenvalue weighted by molar-refractivity contribution is 0.313. The molecule has 1 aliphatic rings. The zero-order chi connectivity index (χ0) is 11.5. The Bertz CT molecular complexity index is 363. The van der Waals surface area contributed by atoms with Gasteiger partial charge in [0.1, 0.15) is 5.02 Å². The summed E-state index contributed by atoms with van der Waals surface area (Å²) in [6.45, 7) is 3.91. The molecule has 16 heavy (non-hydrogen) atoms. The van der Waals surface area contributed by atoms with Gasteiger partial charge >= 0.3 is 0 Å². The zero-order valence-corrected chi connectivity index (χ0v) is 9.91. The van der Waals surface area contributed by atoms with Gasteiger partial charge in [-0.2, -0.15) is 5.10 Å². The summed E-state index contributed by atoms with van der Waals surface area (Å²) >= 11 is 6.18. The molecule has 0 saturated carbocycles. The van der Waals surface area contributed by atoms with Crippen LogP contribution in [-0.4, -0.2) is 48.3 Å². The molecule has 0 unspecified atom stereocenters. The Morgan fingerprint density at radius 3 is 2.69 bits per heavy atom. The molecule has 88 valence electrons. The average Bonchev–Trinajstić information content (AvgIpc) is 2.31. The minimum Gasteiger partial charge on any atom is -0.366 e. The number of nitrogens with zero attached hydrogens (tertiary/aromatic N) is 4. The third-order valence-corrected chi connectivity index (χ3v) is 3.12. The maximum atomic E-state index is 6.18. The van der Waals surface area contributed by atoms with Gasteiger partial charge in [0.05, 0.1) is 11.9 Å². The van der Waals surface area contributed by atoms with Gasteiger partial charge < -0.3 is 15.2 Å². The first-order chi connectivity index (χ1) is 7.72. The van der Waals surface area contributed by atoms with Crippen LogP contribution < -0.4 is 16.2 Å². The van der Waals surface area contributed by atoms with Crippen LogP contribution in [0.1, 0.15) is 0 Å². The number of nitrogen functional groups attached to an aromatic ring is 1. The number of hydrazine groups is 1. The van der Waals surface area contributed by atoms with Crippen LogP contribution in [0.5, 0.6) is 0 Å². The van der Waals surface area contributed by atoms with Crippen molar-refractivity contribution in [2.75, 3.05) is 43.6 Å². The molecule has 7 heteroatoms. The van der Waals surface area contributed by atoms with E-state index in [1.165, 1.54) is 0 Å². The van der Waals surface area contributed by atoms with Crippen molar-refractivity contribution in [2.45, 2.75) is 0 Å². The van der Waals surface area contributed by atoms with Crippen molar-refractivity contribution in [3.63, 3.8) is 0 Å². The lowest BCUT2D eigenvalue weighted by atomic mass is 10.3. The van der Waals surface area contributed by atoms with E-state index in [-0.39, 0.29) is 0 Å². The van der Waals surface area contributed by atoms with Gasteiger partial charge in [-0.1, -0.05) is 11.6 Å². The molecule has 2 heterocycles. The Morgan fingerprint density at radius 1 is 1.38 bits per heavy atom. The number of nitrogens with one attached hydrogen (secondary N) is 1. The van der Waals surface area contributed by atoms with Crippen LogP contribution >= 0.6 is 11.6 Å². The highest BCUT2D eigenvalue weighted by Gasteiger charge is 2.18. The summed E-state index contributed by atoms with van der Waals surface area (Å²) in [7, 11) is 2.11. The molecule has 2 rings (SSSR count). The van der Waals surface area contributed by atoms with Gasteiger partial charge in [-0.3, -0.25) is 0 Å². The molecule has 6 nitrogen and oxygen atoms in total. The van der Waals surface area contributed by atoms with Gasteiger partial charge in [0.2, 0.25) is 0 Å². The number of aromatic nitrogens is 2. The van der Waals surface area contributed by atoms with Crippen LogP contribution in [0.25, 0.3) is 0 Å². The Hall–Kier alpha value is -1.11. The Labute approximate surface area is 99.3 Å². The van der Waals surface area contributed by atoms with E-state index in [9.17, 15) is 0 Å². The fraction of sp³-hybridized carbons (Fsp3) is 0.556. The van der Waals surface area contributed by atoms with Crippen molar-refractivity contribution in [3.05, 3.63) is 11.2 Å². The number of nitrogens with two attached hydrogens (primary N) is 1. The lowest BCUT2D eigenvalue weighted by Crippen LogP contribution is -2.44. The van der Waals surface area contributed by atoms with Crippen LogP contribution in [0.3, 0.4) is 0 Å². The predicted molar refractivity (Wildman–Crippen MR) is 64.6 cm³/mol. The highest BCUT2D eigenvalue weighted by molar-refractivity contribution is 6.35. The fourth-order valence-electron chi connectivity index (χ4n) is 1.72. The van der Waals surface area contributed by atoms with Crippen LogP contribution in [0.4, 0.5) is 11.5 Å². The SMILES string of the molecule is CN1CCN(c2cnnc(NN)c2Cl)CC1. The number of halogens is 1. The van der Waals surface area contributed by atoms with Crippen molar-refractivity contribution < 1.29 is 0 Å². The summed E-state index contributed by atoms with van der Waals surface area (Å²) in [5.41, 5.74) is 3.33. The summed E-state index contributed by atoms with van der Waals surface area (Å²) in [6.07, 6.45) is 1.68. The number of piperazine rings is 1. The Balaban J connectivity index is 2.20. The molecule has 1 fully saturated rings. The highest BCUT2D eigenvalue weighted by atomic mass is 35.5. The molecule has 0 aromatic carbocycles. The van der Waals surface area contributed by atoms with Crippen molar-refractivity contribution in [2.24, 2.45) is 5.84 Å². The van der Waals surface area contributed by atoms with E-state index >= 15 is 0 Å². The summed E-state index contributed by atoms with van der Waals surface area (Å²) in [5, 5.41) is 8.22. The lowest BCUT2D eigenvalue weighted by Gasteiger charge is -2.34. The molecule has 0 radical (unpaired) electrons. The van der Waals surface area contributed by atoms with Crippen molar-refractivity contribution in [1.29, 1.82) is 0 Å². The molecule has 1 aromatic heterocycles. The van der Waals surface area contributed by atoms with Gasteiger partial charge in [0, 0.05) is 26.2 Å². The maximum Gasteiger partial charge on any atom is 0.183 e. The number of anilines is 2. The van der Waals surface area contributed by atoms with Gasteiger partial charge in [-0.25, -0.2) is 5.84 Å². The van der Waals surface area contributed by atoms with E-state index in [1.807, 2.05) is 0 Å². The first-order valence-electron chi connectivity index (χ1n) is 5.13. The molecule has 0 spiro atoms. The highest BCUT2D eigenvalue weighted by Crippen LogP contribution is 2.29. The molecule has 0 amide bonds. The van der Waals surface area contributed by atoms with Gasteiger partial charge in [-0.15, -0.1) is 5.10 Å². The molecule has 1 saturated heterocycles. The second-order valence-electron chi connectivity index (χ2n) is 3.83. The molecule has 0 atom stereocenters. The van der Waals surface area contributed by atoms with Crippen LogP contribution in [0, 0.1) is 0 Å². The minimum atomic E-state index is 0.415. The first kappa shape index (κ1) is 11.4. The van der Waals surface area contributed by atoms with Crippen molar-refractivity contribution >= 4 is 23.1 Å². The van der Waals surface area contributed by atoms with E-state index in [0.29, 0.717) is 10.8 Å². The summed E-state index contributed by atoms with van der Waals surface area (Å²) in [4.78, 5) is 4.47. The average molecular weight is 243 g/mol. The third-order valence-electron chi connectivity index (χ3n) is 2.75. The van der Waals surface area contributed by atoms with Gasteiger partial charge in [-0.05, 0) is 7.05 Å². The maximum absolute atomic E-state index is 6.18. The van der Waals surface area contributed by atoms with E-state index < -0.39 is 0 Å². The largest absolute Gasteiger partial charge is 0.366 e. The quantitative estimate of drug-likeness (QED) is 0.569. The second-order valence-corrected chi connectivity index (χ2v) is 4.21. The molecule has 0 aliphatic carbocycles. The van der Waals surface area contributed by atoms with E-state index in [1.54, 1.807) is 6.20 Å². The van der Waals surface area contributed by atoms with E-state index in [0.717, 1.165) is 31.9 Å². The second kappa shape index (κ2) is 4.82. The number of likely N-dealkylation sites (N-methyl/N-ethyl adjacent to an activating group) is 1. The summed E-state index contributed by atoms with van der Waals surface area (Å²) in [5.74, 6) is 5.72. The van der Waals surface area contributed by atoms with Crippen LogP contribution in [0.2, 0.25) is 5.02 Å². The number of rotatable bonds is 2. The van der Waals surface area contributed by atoms with Crippen LogP contribution in [-0.2, 0) is 0 Å². The summed E-state index contributed by atoms with van der Waals surface area (Å²) in [6, 6.07) is 0. The first-order valence-corrected chi connectivity index (χ1v) is 5.51. The zero-order valence-electron chi connectivity index (χ0n) is 9.15. The molecular formula is C9H15ClN6. The fourth-order valence-corrected chi connectivity index (χ4v) is 1.98. The third kappa shape index (κ3) is 2.18. The number of hydrogen-bond acceptors (Lipinski definition) is 6. The van der Waals surface area contributed by atoms with Gasteiger partial charge in [0.25, 0.3) is 0 Å². The molecule has 1 aliphatic heterocycles. The molecule has 0 bridgehead atoms. The smallest absolute Gasteiger partial charge is 0.183 e. The van der Waals surface area contributed by atoms with E-state index in [4.69, 9.17) is 17.4 Å². The molecule has 3 N–H and O–H groups in total. The van der Waals surface area contributed by atoms with Crippen molar-refractivity contribution in [1.82, 2.24) is 15.1 Å². The number of hydrogen-bond donors (Lipinski definition) is 2. The van der Waals surface area contributed by atoms with Gasteiger partial charge in [0.15, 0.2) is 5.82 Å². The summed E-state index contributed by atoms with van der Waals surface area (Å²) < 4.78 is 0. The van der Waals surface area contributed by atoms with Crippen molar-refractivity contribution in [3.8, 4) is 0 Å². The standard InChI is InChI=1S/C9H15ClN6/c1-15-2-4-16(5-3-15)7-6-12-14-9(13-11)8(7)10/h6H,2-5,11H2,1H3,(H,13,14). The Morgan fingerprint density at radius 2 is 2.06 bits per heavy atom. The molecular weight excluding hydrogens is 228 g/mol. The predicted octanol–water partition coefficient (Wildman–Crippen LogP) is 0.167. The van der Waals surface area contributed by atoms with E-state index in [2.05, 4.69) is 32.5 Å². The minimum absolute atomic E-state index is 0.415. The van der Waals surface area contributed by atoms with Crippen LogP contribution in [0.15, 0.2) is 6.20 Å². The topological polar surface area (TPSA) is 70.3 Å². The normalized spacial score (nSPS) is 17.6.